The Morgan fingerprint density at radius 1 is 1.14 bits per heavy atom. The van der Waals surface area contributed by atoms with Gasteiger partial charge in [0.05, 0.1) is 11.6 Å². The number of nitrogens with zero attached hydrogens (tertiary/aromatic N) is 2. The summed E-state index contributed by atoms with van der Waals surface area (Å²) < 4.78 is 2.03. The van der Waals surface area contributed by atoms with Gasteiger partial charge in [-0.3, -0.25) is 4.79 Å². The summed E-state index contributed by atoms with van der Waals surface area (Å²) in [4.78, 5) is 17.1. The molecule has 1 aliphatic rings. The number of amides is 1. The van der Waals surface area contributed by atoms with Crippen LogP contribution in [0, 0.1) is 0 Å². The molecule has 1 unspecified atom stereocenters. The molecular formula is C24H21ClN2OS. The number of carbonyl (C=O) groups excluding carboxylic acids is 1. The number of para-hydroxylation sites is 1. The standard InChI is InChI=1S/C24H21ClN2OS/c1-26-15-19(18-7-3-5-9-21(18)26)24(28)27-12-10-16-11-13-29-23(16)22(27)14-17-6-2-4-8-20(17)25/h2-9,11,13,15,22H,10,12,14H2,1H3. The van der Waals surface area contributed by atoms with Crippen molar-refractivity contribution in [3.63, 3.8) is 0 Å². The average Bonchev–Trinajstić information content (AvgIpc) is 3.35. The highest BCUT2D eigenvalue weighted by Crippen LogP contribution is 2.38. The minimum Gasteiger partial charge on any atom is -0.350 e. The molecule has 0 saturated carbocycles. The van der Waals surface area contributed by atoms with Crippen molar-refractivity contribution in [2.75, 3.05) is 6.54 Å². The van der Waals surface area contributed by atoms with Gasteiger partial charge in [0, 0.05) is 40.6 Å². The number of hydrogen-bond acceptors (Lipinski definition) is 2. The van der Waals surface area contributed by atoms with E-state index in [0.717, 1.165) is 46.4 Å². The molecule has 29 heavy (non-hydrogen) atoms. The minimum absolute atomic E-state index is 0.00474. The summed E-state index contributed by atoms with van der Waals surface area (Å²) in [5, 5.41) is 3.90. The van der Waals surface area contributed by atoms with E-state index in [-0.39, 0.29) is 11.9 Å². The van der Waals surface area contributed by atoms with E-state index in [1.807, 2.05) is 59.1 Å². The highest BCUT2D eigenvalue weighted by Gasteiger charge is 2.33. The van der Waals surface area contributed by atoms with Crippen LogP contribution in [0.15, 0.2) is 66.2 Å². The van der Waals surface area contributed by atoms with Crippen molar-refractivity contribution in [1.29, 1.82) is 0 Å². The quantitative estimate of drug-likeness (QED) is 0.406. The van der Waals surface area contributed by atoms with Gasteiger partial charge >= 0.3 is 0 Å². The van der Waals surface area contributed by atoms with Gasteiger partial charge in [0.2, 0.25) is 0 Å². The first-order valence-electron chi connectivity index (χ1n) is 9.78. The lowest BCUT2D eigenvalue weighted by molar-refractivity contribution is 0.0666. The highest BCUT2D eigenvalue weighted by atomic mass is 35.5. The van der Waals surface area contributed by atoms with Crippen molar-refractivity contribution >= 4 is 39.7 Å². The number of fused-ring (bicyclic) bond motifs is 2. The second kappa shape index (κ2) is 7.36. The molecule has 0 aliphatic carbocycles. The molecular weight excluding hydrogens is 400 g/mol. The molecule has 5 rings (SSSR count). The summed E-state index contributed by atoms with van der Waals surface area (Å²) in [7, 11) is 1.99. The smallest absolute Gasteiger partial charge is 0.256 e. The molecule has 3 nitrogen and oxygen atoms in total. The molecule has 146 valence electrons. The van der Waals surface area contributed by atoms with Crippen LogP contribution in [-0.4, -0.2) is 21.9 Å². The molecule has 1 aliphatic heterocycles. The zero-order valence-corrected chi connectivity index (χ0v) is 17.7. The molecule has 2 aromatic carbocycles. The molecule has 1 amide bonds. The maximum absolute atomic E-state index is 13.7. The fourth-order valence-corrected chi connectivity index (χ4v) is 5.65. The van der Waals surface area contributed by atoms with E-state index in [1.165, 1.54) is 10.4 Å². The summed E-state index contributed by atoms with van der Waals surface area (Å²) in [5.74, 6) is 0.0953. The van der Waals surface area contributed by atoms with Crippen LogP contribution in [0.1, 0.15) is 32.4 Å². The zero-order chi connectivity index (χ0) is 20.0. The zero-order valence-electron chi connectivity index (χ0n) is 16.1. The third-order valence-electron chi connectivity index (χ3n) is 5.84. The first kappa shape index (κ1) is 18.5. The number of aromatic nitrogens is 1. The van der Waals surface area contributed by atoms with Crippen LogP contribution >= 0.6 is 22.9 Å². The van der Waals surface area contributed by atoms with E-state index in [0.29, 0.717) is 0 Å². The largest absolute Gasteiger partial charge is 0.350 e. The van der Waals surface area contributed by atoms with Gasteiger partial charge in [0.25, 0.3) is 5.91 Å². The van der Waals surface area contributed by atoms with Gasteiger partial charge in [-0.15, -0.1) is 11.3 Å². The lowest BCUT2D eigenvalue weighted by Crippen LogP contribution is -2.40. The topological polar surface area (TPSA) is 25.2 Å². The third kappa shape index (κ3) is 3.17. The van der Waals surface area contributed by atoms with Gasteiger partial charge in [-0.05, 0) is 47.5 Å². The molecule has 0 spiro atoms. The summed E-state index contributed by atoms with van der Waals surface area (Å²) in [6.07, 6.45) is 3.58. The molecule has 0 N–H and O–H groups in total. The van der Waals surface area contributed by atoms with Gasteiger partial charge < -0.3 is 9.47 Å². The minimum atomic E-state index is 0.00474. The predicted octanol–water partition coefficient (Wildman–Crippen LogP) is 5.88. The summed E-state index contributed by atoms with van der Waals surface area (Å²) >= 11 is 8.21. The average molecular weight is 421 g/mol. The Hall–Kier alpha value is -2.56. The van der Waals surface area contributed by atoms with Crippen molar-refractivity contribution in [2.24, 2.45) is 7.05 Å². The Balaban J connectivity index is 1.57. The first-order chi connectivity index (χ1) is 14.1. The van der Waals surface area contributed by atoms with Gasteiger partial charge in [0.15, 0.2) is 0 Å². The number of carbonyl (C=O) groups is 1. The molecule has 4 aromatic rings. The Kier molecular flexibility index (Phi) is 4.69. The Labute approximate surface area is 179 Å². The van der Waals surface area contributed by atoms with Gasteiger partial charge in [-0.25, -0.2) is 0 Å². The van der Waals surface area contributed by atoms with Crippen molar-refractivity contribution in [3.05, 3.63) is 92.8 Å². The molecule has 0 saturated heterocycles. The SMILES string of the molecule is Cn1cc(C(=O)N2CCc3ccsc3C2Cc2ccccc2Cl)c2ccccc21. The van der Waals surface area contributed by atoms with Crippen LogP contribution in [0.4, 0.5) is 0 Å². The number of rotatable bonds is 3. The van der Waals surface area contributed by atoms with Gasteiger partial charge in [0.1, 0.15) is 0 Å². The van der Waals surface area contributed by atoms with E-state index < -0.39 is 0 Å². The van der Waals surface area contributed by atoms with E-state index in [2.05, 4.69) is 23.6 Å². The third-order valence-corrected chi connectivity index (χ3v) is 7.27. The molecule has 3 heterocycles. The number of halogens is 1. The van der Waals surface area contributed by atoms with Gasteiger partial charge in [-0.2, -0.15) is 0 Å². The second-order valence-corrected chi connectivity index (χ2v) is 8.90. The van der Waals surface area contributed by atoms with Gasteiger partial charge in [-0.1, -0.05) is 48.0 Å². The number of aryl methyl sites for hydroxylation is 1. The van der Waals surface area contributed by atoms with Crippen molar-refractivity contribution in [2.45, 2.75) is 18.9 Å². The second-order valence-electron chi connectivity index (χ2n) is 7.54. The monoisotopic (exact) mass is 420 g/mol. The molecule has 2 aromatic heterocycles. The maximum Gasteiger partial charge on any atom is 0.256 e. The first-order valence-corrected chi connectivity index (χ1v) is 11.0. The van der Waals surface area contributed by atoms with E-state index in [1.54, 1.807) is 11.3 Å². The van der Waals surface area contributed by atoms with Crippen LogP contribution in [0.25, 0.3) is 10.9 Å². The number of thiophene rings is 1. The van der Waals surface area contributed by atoms with Crippen LogP contribution in [0.5, 0.6) is 0 Å². The van der Waals surface area contributed by atoms with Crippen LogP contribution in [0.2, 0.25) is 5.02 Å². The number of benzene rings is 2. The fraction of sp³-hybridized carbons (Fsp3) is 0.208. The summed E-state index contributed by atoms with van der Waals surface area (Å²) in [6, 6.07) is 18.2. The predicted molar refractivity (Wildman–Crippen MR) is 120 cm³/mol. The van der Waals surface area contributed by atoms with E-state index in [4.69, 9.17) is 11.6 Å². The van der Waals surface area contributed by atoms with Crippen LogP contribution in [-0.2, 0) is 19.9 Å². The lowest BCUT2D eigenvalue weighted by atomic mass is 9.95. The maximum atomic E-state index is 13.7. The Bertz CT molecular complexity index is 1210. The molecule has 1 atom stereocenters. The Morgan fingerprint density at radius 2 is 1.93 bits per heavy atom. The molecule has 0 fully saturated rings. The van der Waals surface area contributed by atoms with E-state index in [9.17, 15) is 4.79 Å². The van der Waals surface area contributed by atoms with Crippen LogP contribution in [0.3, 0.4) is 0 Å². The fourth-order valence-electron chi connectivity index (χ4n) is 4.37. The highest BCUT2D eigenvalue weighted by molar-refractivity contribution is 7.10. The Morgan fingerprint density at radius 3 is 2.79 bits per heavy atom. The van der Waals surface area contributed by atoms with Crippen molar-refractivity contribution < 1.29 is 4.79 Å². The summed E-state index contributed by atoms with van der Waals surface area (Å²) in [6.45, 7) is 0.723. The molecule has 5 heteroatoms. The molecule has 0 bridgehead atoms. The summed E-state index contributed by atoms with van der Waals surface area (Å²) in [5.41, 5.74) is 4.28. The van der Waals surface area contributed by atoms with Crippen molar-refractivity contribution in [3.8, 4) is 0 Å². The normalized spacial score (nSPS) is 16.2. The molecule has 0 radical (unpaired) electrons. The lowest BCUT2D eigenvalue weighted by Gasteiger charge is -2.36. The van der Waals surface area contributed by atoms with Crippen LogP contribution < -0.4 is 0 Å². The van der Waals surface area contributed by atoms with Crippen molar-refractivity contribution in [1.82, 2.24) is 9.47 Å². The van der Waals surface area contributed by atoms with E-state index >= 15 is 0 Å². The number of hydrogen-bond donors (Lipinski definition) is 0.